The number of Topliss-reactive ketones (excluding diaryl/α,β-unsaturated/α-hetero) is 1. The minimum absolute atomic E-state index is 0.00725. The number of phenols is 1. The molecule has 94 valence electrons. The highest BCUT2D eigenvalue weighted by atomic mass is 16.3. The Morgan fingerprint density at radius 2 is 2.00 bits per heavy atom. The highest BCUT2D eigenvalue weighted by Crippen LogP contribution is 2.18. The van der Waals surface area contributed by atoms with Crippen LogP contribution < -0.4 is 5.32 Å². The zero-order chi connectivity index (χ0) is 13.1. The van der Waals surface area contributed by atoms with Gasteiger partial charge in [0.25, 0.3) is 0 Å². The Kier molecular flexibility index (Phi) is 4.26. The van der Waals surface area contributed by atoms with E-state index in [0.717, 1.165) is 0 Å². The number of rotatable bonds is 4. The van der Waals surface area contributed by atoms with Crippen molar-refractivity contribution in [2.45, 2.75) is 32.9 Å². The van der Waals surface area contributed by atoms with Gasteiger partial charge in [-0.25, -0.2) is 0 Å². The van der Waals surface area contributed by atoms with Crippen molar-refractivity contribution in [1.29, 1.82) is 0 Å². The summed E-state index contributed by atoms with van der Waals surface area (Å²) in [5.74, 6) is -0.0533. The zero-order valence-corrected chi connectivity index (χ0v) is 10.4. The van der Waals surface area contributed by atoms with Crippen molar-refractivity contribution in [2.24, 2.45) is 0 Å². The quantitative estimate of drug-likeness (QED) is 0.693. The average molecular weight is 237 g/mol. The Bertz CT molecular complexity index is 408. The summed E-state index contributed by atoms with van der Waals surface area (Å²) in [6.07, 6.45) is 0. The number of nitrogens with one attached hydrogen (secondary N) is 1. The molecule has 0 bridgehead atoms. The van der Waals surface area contributed by atoms with Gasteiger partial charge in [-0.3, -0.25) is 4.79 Å². The van der Waals surface area contributed by atoms with Gasteiger partial charge in [0.15, 0.2) is 5.78 Å². The van der Waals surface area contributed by atoms with Gasteiger partial charge in [0.2, 0.25) is 0 Å². The molecule has 0 unspecified atom stereocenters. The van der Waals surface area contributed by atoms with Gasteiger partial charge in [-0.1, -0.05) is 0 Å². The molecule has 1 aromatic rings. The number of carbonyl (C=O) groups excluding carboxylic acids is 1. The number of aliphatic hydroxyl groups excluding tert-OH is 1. The number of hydrogen-bond acceptors (Lipinski definition) is 4. The van der Waals surface area contributed by atoms with E-state index in [2.05, 4.69) is 5.32 Å². The molecule has 0 amide bonds. The van der Waals surface area contributed by atoms with E-state index in [1.165, 1.54) is 12.1 Å². The van der Waals surface area contributed by atoms with Crippen LogP contribution in [0.15, 0.2) is 18.2 Å². The second kappa shape index (κ2) is 5.29. The first kappa shape index (κ1) is 13.7. The Morgan fingerprint density at radius 3 is 2.53 bits per heavy atom. The van der Waals surface area contributed by atoms with Crippen molar-refractivity contribution in [3.63, 3.8) is 0 Å². The molecule has 0 atom stereocenters. The van der Waals surface area contributed by atoms with E-state index in [4.69, 9.17) is 5.11 Å². The summed E-state index contributed by atoms with van der Waals surface area (Å²) in [4.78, 5) is 11.8. The van der Waals surface area contributed by atoms with Crippen LogP contribution in [0.5, 0.6) is 5.75 Å². The third kappa shape index (κ3) is 4.17. The summed E-state index contributed by atoms with van der Waals surface area (Å²) >= 11 is 0. The van der Waals surface area contributed by atoms with Crippen LogP contribution in [0.4, 0.5) is 0 Å². The lowest BCUT2D eigenvalue weighted by atomic mass is 10.0. The van der Waals surface area contributed by atoms with E-state index in [1.54, 1.807) is 6.07 Å². The Hall–Kier alpha value is -1.39. The van der Waals surface area contributed by atoms with Crippen LogP contribution in [0.2, 0.25) is 0 Å². The summed E-state index contributed by atoms with van der Waals surface area (Å²) in [5.41, 5.74) is 0.738. The molecule has 0 fully saturated rings. The minimum Gasteiger partial charge on any atom is -0.508 e. The van der Waals surface area contributed by atoms with Gasteiger partial charge in [0.05, 0.1) is 13.2 Å². The first-order valence-electron chi connectivity index (χ1n) is 5.54. The standard InChI is InChI=1S/C13H19NO3/c1-13(2,3)14-7-12(17)9-4-5-11(16)10(6-9)8-15/h4-6,14-16H,7-8H2,1-3H3. The van der Waals surface area contributed by atoms with Crippen molar-refractivity contribution >= 4 is 5.78 Å². The second-order valence-electron chi connectivity index (χ2n) is 5.03. The average Bonchev–Trinajstić information content (AvgIpc) is 2.25. The maximum absolute atomic E-state index is 11.8. The first-order chi connectivity index (χ1) is 7.83. The lowest BCUT2D eigenvalue weighted by molar-refractivity contribution is 0.0982. The minimum atomic E-state index is -0.278. The molecule has 0 aliphatic heterocycles. The Labute approximate surface area is 101 Å². The lowest BCUT2D eigenvalue weighted by Crippen LogP contribution is -2.39. The van der Waals surface area contributed by atoms with Gasteiger partial charge in [-0.05, 0) is 39.0 Å². The summed E-state index contributed by atoms with van der Waals surface area (Å²) in [5, 5.41) is 21.5. The first-order valence-corrected chi connectivity index (χ1v) is 5.54. The maximum Gasteiger partial charge on any atom is 0.176 e. The van der Waals surface area contributed by atoms with Gasteiger partial charge in [0.1, 0.15) is 5.75 Å². The molecule has 1 aromatic carbocycles. The number of benzene rings is 1. The molecular formula is C13H19NO3. The molecule has 0 saturated carbocycles. The smallest absolute Gasteiger partial charge is 0.176 e. The normalized spacial score (nSPS) is 11.5. The number of ketones is 1. The van der Waals surface area contributed by atoms with E-state index in [9.17, 15) is 9.90 Å². The van der Waals surface area contributed by atoms with Gasteiger partial charge in [0, 0.05) is 16.7 Å². The SMILES string of the molecule is CC(C)(C)NCC(=O)c1ccc(O)c(CO)c1. The van der Waals surface area contributed by atoms with Crippen LogP contribution in [-0.4, -0.2) is 28.1 Å². The number of aromatic hydroxyl groups is 1. The second-order valence-corrected chi connectivity index (χ2v) is 5.03. The molecule has 1 rings (SSSR count). The predicted octanol–water partition coefficient (Wildman–Crippen LogP) is 1.46. The fourth-order valence-electron chi connectivity index (χ4n) is 1.33. The number of carbonyl (C=O) groups is 1. The molecule has 0 aliphatic rings. The zero-order valence-electron chi connectivity index (χ0n) is 10.4. The third-order valence-corrected chi connectivity index (χ3v) is 2.35. The van der Waals surface area contributed by atoms with Crippen molar-refractivity contribution in [3.05, 3.63) is 29.3 Å². The van der Waals surface area contributed by atoms with Crippen molar-refractivity contribution < 1.29 is 15.0 Å². The van der Waals surface area contributed by atoms with E-state index in [1.807, 2.05) is 20.8 Å². The summed E-state index contributed by atoms with van der Waals surface area (Å²) < 4.78 is 0. The maximum atomic E-state index is 11.8. The monoisotopic (exact) mass is 237 g/mol. The predicted molar refractivity (Wildman–Crippen MR) is 66.1 cm³/mol. The summed E-state index contributed by atoms with van der Waals surface area (Å²) in [7, 11) is 0. The molecule has 3 N–H and O–H groups in total. The van der Waals surface area contributed by atoms with Crippen molar-refractivity contribution in [2.75, 3.05) is 6.54 Å². The molecule has 4 heteroatoms. The van der Waals surface area contributed by atoms with E-state index >= 15 is 0 Å². The topological polar surface area (TPSA) is 69.6 Å². The highest BCUT2D eigenvalue weighted by Gasteiger charge is 2.13. The summed E-state index contributed by atoms with van der Waals surface area (Å²) in [6.45, 7) is 5.90. The molecule has 0 heterocycles. The molecule has 0 radical (unpaired) electrons. The fraction of sp³-hybridized carbons (Fsp3) is 0.462. The number of hydrogen-bond donors (Lipinski definition) is 3. The van der Waals surface area contributed by atoms with Gasteiger partial charge in [-0.2, -0.15) is 0 Å². The van der Waals surface area contributed by atoms with E-state index < -0.39 is 0 Å². The van der Waals surface area contributed by atoms with Crippen LogP contribution in [0.1, 0.15) is 36.7 Å². The summed E-state index contributed by atoms with van der Waals surface area (Å²) in [6, 6.07) is 4.50. The van der Waals surface area contributed by atoms with E-state index in [0.29, 0.717) is 11.1 Å². The van der Waals surface area contributed by atoms with Crippen molar-refractivity contribution in [3.8, 4) is 5.75 Å². The molecule has 17 heavy (non-hydrogen) atoms. The van der Waals surface area contributed by atoms with Crippen molar-refractivity contribution in [1.82, 2.24) is 5.32 Å². The van der Waals surface area contributed by atoms with Gasteiger partial charge in [-0.15, -0.1) is 0 Å². The highest BCUT2D eigenvalue weighted by molar-refractivity contribution is 5.98. The Morgan fingerprint density at radius 1 is 1.35 bits per heavy atom. The van der Waals surface area contributed by atoms with E-state index in [-0.39, 0.29) is 30.2 Å². The molecule has 0 spiro atoms. The Balaban J connectivity index is 2.76. The van der Waals surface area contributed by atoms with Crippen LogP contribution in [0.25, 0.3) is 0 Å². The number of aliphatic hydroxyl groups is 1. The molecule has 0 aromatic heterocycles. The van der Waals surface area contributed by atoms with Gasteiger partial charge < -0.3 is 15.5 Å². The van der Waals surface area contributed by atoms with Crippen LogP contribution in [0.3, 0.4) is 0 Å². The molecular weight excluding hydrogens is 218 g/mol. The van der Waals surface area contributed by atoms with Crippen LogP contribution >= 0.6 is 0 Å². The molecule has 0 saturated heterocycles. The van der Waals surface area contributed by atoms with Crippen LogP contribution in [0, 0.1) is 0 Å². The lowest BCUT2D eigenvalue weighted by Gasteiger charge is -2.19. The fourth-order valence-corrected chi connectivity index (χ4v) is 1.33. The largest absolute Gasteiger partial charge is 0.508 e. The molecule has 4 nitrogen and oxygen atoms in total. The van der Waals surface area contributed by atoms with Crippen LogP contribution in [-0.2, 0) is 6.61 Å². The molecule has 0 aliphatic carbocycles. The van der Waals surface area contributed by atoms with Gasteiger partial charge >= 0.3 is 0 Å². The third-order valence-electron chi connectivity index (χ3n) is 2.35.